The highest BCUT2D eigenvalue weighted by Crippen LogP contribution is 2.36. The molecule has 4 nitrogen and oxygen atoms in total. The summed E-state index contributed by atoms with van der Waals surface area (Å²) in [5, 5.41) is 8.73. The molecule has 1 N–H and O–H groups in total. The van der Waals surface area contributed by atoms with Gasteiger partial charge in [-0.1, -0.05) is 29.3 Å². The molecular weight excluding hydrogens is 285 g/mol. The molecule has 3 aromatic rings. The Kier molecular flexibility index (Phi) is 3.05. The Bertz CT molecular complexity index is 734. The summed E-state index contributed by atoms with van der Waals surface area (Å²) in [5.41, 5.74) is 1.58. The lowest BCUT2D eigenvalue weighted by atomic mass is 10.3. The van der Waals surface area contributed by atoms with Gasteiger partial charge in [-0.3, -0.25) is 5.10 Å². The molecule has 2 aromatic heterocycles. The average molecular weight is 294 g/mol. The molecule has 0 saturated heterocycles. The number of rotatable bonds is 2. The third-order valence-electron chi connectivity index (χ3n) is 2.72. The first-order valence-electron chi connectivity index (χ1n) is 5.58. The van der Waals surface area contributed by atoms with Gasteiger partial charge < -0.3 is 4.74 Å². The first-order valence-corrected chi connectivity index (χ1v) is 6.33. The van der Waals surface area contributed by atoms with Crippen LogP contribution in [0, 0.1) is 6.92 Å². The minimum absolute atomic E-state index is 0.424. The number of ether oxygens (including phenoxy) is 1. The quantitative estimate of drug-likeness (QED) is 0.763. The molecule has 2 heterocycles. The Morgan fingerprint density at radius 2 is 1.95 bits per heavy atom. The zero-order chi connectivity index (χ0) is 13.4. The highest BCUT2D eigenvalue weighted by molar-refractivity contribution is 6.37. The van der Waals surface area contributed by atoms with E-state index < -0.39 is 0 Å². The normalized spacial score (nSPS) is 10.9. The molecule has 0 amide bonds. The Morgan fingerprint density at radius 1 is 1.21 bits per heavy atom. The third kappa shape index (κ3) is 2.25. The number of hydrogen-bond acceptors (Lipinski definition) is 3. The zero-order valence-electron chi connectivity index (χ0n) is 9.95. The number of nitrogens with zero attached hydrogens (tertiary/aromatic N) is 2. The third-order valence-corrected chi connectivity index (χ3v) is 3.32. The van der Waals surface area contributed by atoms with E-state index in [1.54, 1.807) is 24.4 Å². The van der Waals surface area contributed by atoms with Crippen molar-refractivity contribution in [3.8, 4) is 11.5 Å². The van der Waals surface area contributed by atoms with Crippen LogP contribution in [-0.2, 0) is 0 Å². The Morgan fingerprint density at radius 3 is 2.68 bits per heavy atom. The number of hydrogen-bond donors (Lipinski definition) is 1. The Hall–Kier alpha value is -1.78. The molecule has 0 aliphatic rings. The number of para-hydroxylation sites is 1. The summed E-state index contributed by atoms with van der Waals surface area (Å²) in [5.74, 6) is 0.986. The fraction of sp³-hybridized carbons (Fsp3) is 0.0769. The Balaban J connectivity index is 2.03. The van der Waals surface area contributed by atoms with E-state index in [2.05, 4.69) is 15.2 Å². The van der Waals surface area contributed by atoms with Gasteiger partial charge in [-0.25, -0.2) is 4.98 Å². The van der Waals surface area contributed by atoms with Crippen LogP contribution in [0.25, 0.3) is 11.0 Å². The molecule has 6 heteroatoms. The number of H-pyrrole nitrogens is 1. The molecule has 0 unspecified atom stereocenters. The summed E-state index contributed by atoms with van der Waals surface area (Å²) in [6.07, 6.45) is 1.60. The van der Waals surface area contributed by atoms with Crippen molar-refractivity contribution in [3.05, 3.63) is 46.2 Å². The first kappa shape index (κ1) is 12.3. The van der Waals surface area contributed by atoms with Gasteiger partial charge in [0.1, 0.15) is 5.75 Å². The summed E-state index contributed by atoms with van der Waals surface area (Å²) in [7, 11) is 0. The largest absolute Gasteiger partial charge is 0.453 e. The van der Waals surface area contributed by atoms with Crippen LogP contribution in [0.15, 0.2) is 30.5 Å². The molecule has 0 fully saturated rings. The molecule has 0 bridgehead atoms. The summed E-state index contributed by atoms with van der Waals surface area (Å²) >= 11 is 12.1. The molecule has 3 rings (SSSR count). The van der Waals surface area contributed by atoms with E-state index in [0.29, 0.717) is 21.5 Å². The smallest absolute Gasteiger partial charge is 0.164 e. The molecule has 19 heavy (non-hydrogen) atoms. The fourth-order valence-corrected chi connectivity index (χ4v) is 2.24. The van der Waals surface area contributed by atoms with Gasteiger partial charge in [0.05, 0.1) is 21.9 Å². The second-order valence-corrected chi connectivity index (χ2v) is 4.84. The standard InChI is InChI=1S/C13H9Cl2N3O/c1-7-9-5-8(6-16-13(9)18-17-7)19-12-10(14)3-2-4-11(12)15/h2-6H,1H3,(H,16,17,18). The fourth-order valence-electron chi connectivity index (χ4n) is 1.76. The van der Waals surface area contributed by atoms with Gasteiger partial charge in [-0.15, -0.1) is 0 Å². The van der Waals surface area contributed by atoms with Gasteiger partial charge in [0, 0.05) is 5.39 Å². The second kappa shape index (κ2) is 4.72. The monoisotopic (exact) mass is 293 g/mol. The van der Waals surface area contributed by atoms with Crippen LogP contribution in [0.3, 0.4) is 0 Å². The van der Waals surface area contributed by atoms with Crippen LogP contribution < -0.4 is 4.74 Å². The number of halogens is 2. The summed E-state index contributed by atoms with van der Waals surface area (Å²) < 4.78 is 5.70. The van der Waals surface area contributed by atoms with Gasteiger partial charge in [-0.05, 0) is 25.1 Å². The number of nitrogens with one attached hydrogen (secondary N) is 1. The second-order valence-electron chi connectivity index (χ2n) is 4.03. The SMILES string of the molecule is Cc1n[nH]c2ncc(Oc3c(Cl)cccc3Cl)cc12. The molecule has 0 atom stereocenters. The molecule has 0 aliphatic heterocycles. The molecule has 96 valence electrons. The zero-order valence-corrected chi connectivity index (χ0v) is 11.5. The average Bonchev–Trinajstić information content (AvgIpc) is 2.76. The van der Waals surface area contributed by atoms with Crippen LogP contribution in [0.1, 0.15) is 5.69 Å². The number of pyridine rings is 1. The maximum Gasteiger partial charge on any atom is 0.164 e. The first-order chi connectivity index (χ1) is 9.15. The van der Waals surface area contributed by atoms with Crippen molar-refractivity contribution in [2.45, 2.75) is 6.92 Å². The summed E-state index contributed by atoms with van der Waals surface area (Å²) in [6.45, 7) is 1.90. The van der Waals surface area contributed by atoms with Crippen LogP contribution >= 0.6 is 23.2 Å². The lowest BCUT2D eigenvalue weighted by Crippen LogP contribution is -1.88. The van der Waals surface area contributed by atoms with Crippen LogP contribution in [0.5, 0.6) is 11.5 Å². The number of aromatic nitrogens is 3. The van der Waals surface area contributed by atoms with E-state index >= 15 is 0 Å². The molecule has 0 spiro atoms. The maximum atomic E-state index is 6.06. The van der Waals surface area contributed by atoms with Crippen molar-refractivity contribution in [1.82, 2.24) is 15.2 Å². The van der Waals surface area contributed by atoms with Crippen molar-refractivity contribution in [1.29, 1.82) is 0 Å². The number of fused-ring (bicyclic) bond motifs is 1. The molecule has 0 radical (unpaired) electrons. The van der Waals surface area contributed by atoms with Crippen molar-refractivity contribution in [2.75, 3.05) is 0 Å². The minimum Gasteiger partial charge on any atom is -0.453 e. The van der Waals surface area contributed by atoms with E-state index in [1.807, 2.05) is 13.0 Å². The number of aromatic amines is 1. The number of benzene rings is 1. The van der Waals surface area contributed by atoms with Gasteiger partial charge >= 0.3 is 0 Å². The van der Waals surface area contributed by atoms with Crippen LogP contribution in [-0.4, -0.2) is 15.2 Å². The van der Waals surface area contributed by atoms with Crippen molar-refractivity contribution in [3.63, 3.8) is 0 Å². The summed E-state index contributed by atoms with van der Waals surface area (Å²) in [6, 6.07) is 7.05. The van der Waals surface area contributed by atoms with Gasteiger partial charge in [0.15, 0.2) is 11.4 Å². The lowest BCUT2D eigenvalue weighted by Gasteiger charge is -2.08. The Labute approximate surface area is 119 Å². The van der Waals surface area contributed by atoms with Crippen molar-refractivity contribution in [2.24, 2.45) is 0 Å². The highest BCUT2D eigenvalue weighted by Gasteiger charge is 2.10. The topological polar surface area (TPSA) is 50.8 Å². The van der Waals surface area contributed by atoms with Crippen molar-refractivity contribution < 1.29 is 4.74 Å². The van der Waals surface area contributed by atoms with Gasteiger partial charge in [0.25, 0.3) is 0 Å². The van der Waals surface area contributed by atoms with Crippen LogP contribution in [0.4, 0.5) is 0 Å². The number of aryl methyl sites for hydroxylation is 1. The molecule has 0 saturated carbocycles. The molecular formula is C13H9Cl2N3O. The predicted molar refractivity (Wildman–Crippen MR) is 75.2 cm³/mol. The summed E-state index contributed by atoms with van der Waals surface area (Å²) in [4.78, 5) is 4.23. The van der Waals surface area contributed by atoms with Crippen molar-refractivity contribution >= 4 is 34.2 Å². The van der Waals surface area contributed by atoms with E-state index in [-0.39, 0.29) is 0 Å². The van der Waals surface area contributed by atoms with E-state index in [4.69, 9.17) is 27.9 Å². The van der Waals surface area contributed by atoms with E-state index in [1.165, 1.54) is 0 Å². The van der Waals surface area contributed by atoms with Gasteiger partial charge in [0.2, 0.25) is 0 Å². The van der Waals surface area contributed by atoms with Crippen LogP contribution in [0.2, 0.25) is 10.0 Å². The van der Waals surface area contributed by atoms with E-state index in [9.17, 15) is 0 Å². The minimum atomic E-state index is 0.424. The van der Waals surface area contributed by atoms with E-state index in [0.717, 1.165) is 16.7 Å². The van der Waals surface area contributed by atoms with Gasteiger partial charge in [-0.2, -0.15) is 5.10 Å². The maximum absolute atomic E-state index is 6.06. The molecule has 0 aliphatic carbocycles. The lowest BCUT2D eigenvalue weighted by molar-refractivity contribution is 0.482. The molecule has 1 aromatic carbocycles. The highest BCUT2D eigenvalue weighted by atomic mass is 35.5. The predicted octanol–water partition coefficient (Wildman–Crippen LogP) is 4.37.